The quantitative estimate of drug-likeness (QED) is 0.850. The normalized spacial score (nSPS) is 19.6. The second kappa shape index (κ2) is 4.62. The first-order valence-corrected chi connectivity index (χ1v) is 6.67. The molecule has 1 saturated carbocycles. The average Bonchev–Trinajstić information content (AvgIpc) is 2.78. The van der Waals surface area contributed by atoms with Gasteiger partial charge in [0.05, 0.1) is 11.2 Å². The number of aromatic nitrogens is 1. The van der Waals surface area contributed by atoms with Crippen LogP contribution in [-0.4, -0.2) is 11.5 Å². The van der Waals surface area contributed by atoms with Gasteiger partial charge in [0.2, 0.25) is 0 Å². The molecule has 1 aromatic rings. The predicted molar refractivity (Wildman–Crippen MR) is 65.1 cm³/mol. The third-order valence-corrected chi connectivity index (χ3v) is 4.43. The van der Waals surface area contributed by atoms with Gasteiger partial charge in [-0.15, -0.1) is 11.3 Å². The van der Waals surface area contributed by atoms with Gasteiger partial charge in [-0.05, 0) is 25.2 Å². The minimum atomic E-state index is 0.554. The highest BCUT2D eigenvalue weighted by atomic mass is 32.1. The smallest absolute Gasteiger partial charge is 0.0798 e. The van der Waals surface area contributed by atoms with Crippen LogP contribution in [0.4, 0.5) is 0 Å². The molecule has 0 amide bonds. The highest BCUT2D eigenvalue weighted by molar-refractivity contribution is 7.09. The van der Waals surface area contributed by atoms with Crippen molar-refractivity contribution in [3.8, 4) is 0 Å². The molecule has 0 atom stereocenters. The van der Waals surface area contributed by atoms with E-state index in [1.807, 2.05) is 5.51 Å². The minimum absolute atomic E-state index is 0.554. The van der Waals surface area contributed by atoms with Crippen molar-refractivity contribution in [1.29, 1.82) is 0 Å². The lowest BCUT2D eigenvalue weighted by Crippen LogP contribution is -2.29. The molecule has 3 heteroatoms. The fourth-order valence-corrected chi connectivity index (χ4v) is 3.13. The van der Waals surface area contributed by atoms with Crippen LogP contribution in [0.2, 0.25) is 0 Å². The van der Waals surface area contributed by atoms with Crippen molar-refractivity contribution >= 4 is 11.3 Å². The van der Waals surface area contributed by atoms with E-state index in [0.717, 1.165) is 13.1 Å². The second-order valence-electron chi connectivity index (χ2n) is 4.98. The highest BCUT2D eigenvalue weighted by Crippen LogP contribution is 2.36. The largest absolute Gasteiger partial charge is 0.311 e. The lowest BCUT2D eigenvalue weighted by Gasteiger charge is -2.23. The molecule has 0 radical (unpaired) electrons. The minimum Gasteiger partial charge on any atom is -0.311 e. The molecule has 0 spiro atoms. The summed E-state index contributed by atoms with van der Waals surface area (Å²) in [7, 11) is 0. The number of rotatable bonds is 4. The molecular formula is C12H20N2S. The van der Waals surface area contributed by atoms with E-state index in [9.17, 15) is 0 Å². The molecule has 1 fully saturated rings. The average molecular weight is 224 g/mol. The number of nitrogens with one attached hydrogen (secondary N) is 1. The molecule has 1 aliphatic rings. The Balaban J connectivity index is 1.77. The summed E-state index contributed by atoms with van der Waals surface area (Å²) in [6, 6.07) is 0. The maximum absolute atomic E-state index is 4.26. The summed E-state index contributed by atoms with van der Waals surface area (Å²) in [6.45, 7) is 6.65. The summed E-state index contributed by atoms with van der Waals surface area (Å²) in [4.78, 5) is 5.65. The molecular weight excluding hydrogens is 204 g/mol. The Morgan fingerprint density at radius 2 is 2.20 bits per heavy atom. The number of aryl methyl sites for hydroxylation is 1. The number of nitrogens with zero attached hydrogens (tertiary/aromatic N) is 1. The van der Waals surface area contributed by atoms with Crippen LogP contribution in [0.5, 0.6) is 0 Å². The Labute approximate surface area is 96.1 Å². The van der Waals surface area contributed by atoms with E-state index in [0.29, 0.717) is 5.41 Å². The molecule has 84 valence electrons. The fourth-order valence-electron chi connectivity index (χ4n) is 2.38. The SMILES string of the molecule is Cc1ncsc1CNCC1(C)CCCC1. The van der Waals surface area contributed by atoms with Gasteiger partial charge in [0.1, 0.15) is 0 Å². The number of hydrogen-bond acceptors (Lipinski definition) is 3. The van der Waals surface area contributed by atoms with Crippen LogP contribution in [0.25, 0.3) is 0 Å². The summed E-state index contributed by atoms with van der Waals surface area (Å²) in [5.41, 5.74) is 3.67. The van der Waals surface area contributed by atoms with E-state index in [-0.39, 0.29) is 0 Å². The van der Waals surface area contributed by atoms with Crippen LogP contribution in [0, 0.1) is 12.3 Å². The summed E-state index contributed by atoms with van der Waals surface area (Å²) in [5, 5.41) is 3.58. The van der Waals surface area contributed by atoms with Crippen LogP contribution in [0.3, 0.4) is 0 Å². The first-order valence-electron chi connectivity index (χ1n) is 5.79. The lowest BCUT2D eigenvalue weighted by atomic mass is 9.89. The van der Waals surface area contributed by atoms with Crippen molar-refractivity contribution in [1.82, 2.24) is 10.3 Å². The summed E-state index contributed by atoms with van der Waals surface area (Å²) >= 11 is 1.76. The molecule has 15 heavy (non-hydrogen) atoms. The van der Waals surface area contributed by atoms with Gasteiger partial charge in [-0.25, -0.2) is 4.98 Å². The van der Waals surface area contributed by atoms with Crippen molar-refractivity contribution in [2.24, 2.45) is 5.41 Å². The van der Waals surface area contributed by atoms with Gasteiger partial charge in [0.15, 0.2) is 0 Å². The topological polar surface area (TPSA) is 24.9 Å². The summed E-state index contributed by atoms with van der Waals surface area (Å²) < 4.78 is 0. The van der Waals surface area contributed by atoms with Crippen molar-refractivity contribution in [3.05, 3.63) is 16.1 Å². The van der Waals surface area contributed by atoms with Crippen molar-refractivity contribution in [2.45, 2.75) is 46.1 Å². The maximum atomic E-state index is 4.26. The molecule has 0 aromatic carbocycles. The Hall–Kier alpha value is -0.410. The van der Waals surface area contributed by atoms with Crippen molar-refractivity contribution in [2.75, 3.05) is 6.54 Å². The van der Waals surface area contributed by atoms with Gasteiger partial charge >= 0.3 is 0 Å². The van der Waals surface area contributed by atoms with Gasteiger partial charge in [0, 0.05) is 18.0 Å². The maximum Gasteiger partial charge on any atom is 0.0798 e. The molecule has 1 aliphatic carbocycles. The van der Waals surface area contributed by atoms with Crippen molar-refractivity contribution in [3.63, 3.8) is 0 Å². The van der Waals surface area contributed by atoms with Gasteiger partial charge in [-0.2, -0.15) is 0 Å². The van der Waals surface area contributed by atoms with Crippen LogP contribution in [-0.2, 0) is 6.54 Å². The molecule has 1 heterocycles. The van der Waals surface area contributed by atoms with E-state index < -0.39 is 0 Å². The zero-order valence-electron chi connectivity index (χ0n) is 9.68. The third kappa shape index (κ3) is 2.79. The van der Waals surface area contributed by atoms with Gasteiger partial charge in [-0.1, -0.05) is 19.8 Å². The Kier molecular flexibility index (Phi) is 3.42. The van der Waals surface area contributed by atoms with Gasteiger partial charge in [0.25, 0.3) is 0 Å². The van der Waals surface area contributed by atoms with E-state index in [4.69, 9.17) is 0 Å². The summed E-state index contributed by atoms with van der Waals surface area (Å²) in [6.07, 6.45) is 5.61. The molecule has 2 nitrogen and oxygen atoms in total. The first kappa shape index (κ1) is 11.1. The van der Waals surface area contributed by atoms with Gasteiger partial charge in [-0.3, -0.25) is 0 Å². The molecule has 0 saturated heterocycles. The lowest BCUT2D eigenvalue weighted by molar-refractivity contribution is 0.315. The monoisotopic (exact) mass is 224 g/mol. The molecule has 1 aromatic heterocycles. The van der Waals surface area contributed by atoms with Crippen LogP contribution in [0.15, 0.2) is 5.51 Å². The van der Waals surface area contributed by atoms with Crippen molar-refractivity contribution < 1.29 is 0 Å². The van der Waals surface area contributed by atoms with E-state index in [1.165, 1.54) is 36.3 Å². The van der Waals surface area contributed by atoms with E-state index in [2.05, 4.69) is 24.1 Å². The van der Waals surface area contributed by atoms with Gasteiger partial charge < -0.3 is 5.32 Å². The third-order valence-electron chi connectivity index (χ3n) is 3.49. The van der Waals surface area contributed by atoms with Crippen LogP contribution in [0.1, 0.15) is 43.2 Å². The number of thiazole rings is 1. The molecule has 0 bridgehead atoms. The Morgan fingerprint density at radius 1 is 1.47 bits per heavy atom. The molecule has 0 unspecified atom stereocenters. The molecule has 1 N–H and O–H groups in total. The predicted octanol–water partition coefficient (Wildman–Crippen LogP) is 3.12. The first-order chi connectivity index (χ1) is 7.20. The highest BCUT2D eigenvalue weighted by Gasteiger charge is 2.27. The molecule has 2 rings (SSSR count). The Bertz CT molecular complexity index is 313. The zero-order chi connectivity index (χ0) is 10.7. The standard InChI is InChI=1S/C12H20N2S/c1-10-11(15-9-14-10)7-13-8-12(2)5-3-4-6-12/h9,13H,3-8H2,1-2H3. The molecule has 0 aliphatic heterocycles. The fraction of sp³-hybridized carbons (Fsp3) is 0.750. The van der Waals surface area contributed by atoms with E-state index in [1.54, 1.807) is 11.3 Å². The number of hydrogen-bond donors (Lipinski definition) is 1. The Morgan fingerprint density at radius 3 is 2.80 bits per heavy atom. The second-order valence-corrected chi connectivity index (χ2v) is 5.92. The van der Waals surface area contributed by atoms with Crippen LogP contribution >= 0.6 is 11.3 Å². The van der Waals surface area contributed by atoms with Crippen LogP contribution < -0.4 is 5.32 Å². The summed E-state index contributed by atoms with van der Waals surface area (Å²) in [5.74, 6) is 0. The zero-order valence-corrected chi connectivity index (χ0v) is 10.5. The van der Waals surface area contributed by atoms with E-state index >= 15 is 0 Å².